The number of hydrogen-bond donors (Lipinski definition) is 7. The van der Waals surface area contributed by atoms with Crippen LogP contribution in [0.4, 0.5) is 44.9 Å². The van der Waals surface area contributed by atoms with Gasteiger partial charge in [0.05, 0.1) is 57.3 Å². The third-order valence-electron chi connectivity index (χ3n) is 13.5. The molecule has 86 heavy (non-hydrogen) atoms. The summed E-state index contributed by atoms with van der Waals surface area (Å²) in [5.74, 6) is -0.0929. The molecule has 9 rings (SSSR count). The number of nitrogens with zero attached hydrogens (tertiary/aromatic N) is 8. The Kier molecular flexibility index (Phi) is 31.0. The molecule has 7 fully saturated rings. The highest BCUT2D eigenvalue weighted by molar-refractivity contribution is 5.99. The molecule has 0 bridgehead atoms. The summed E-state index contributed by atoms with van der Waals surface area (Å²) in [5, 5.41) is 10.5. The van der Waals surface area contributed by atoms with Crippen LogP contribution >= 0.6 is 0 Å². The number of carbonyl (C=O) groups excluding carboxylic acids is 8. The van der Waals surface area contributed by atoms with Crippen molar-refractivity contribution in [1.82, 2.24) is 29.4 Å². The Bertz CT molecular complexity index is 2500. The molecule has 7 aliphatic heterocycles. The first kappa shape index (κ1) is 72.4. The van der Waals surface area contributed by atoms with E-state index in [2.05, 4.69) is 0 Å². The van der Waals surface area contributed by atoms with Crippen LogP contribution in [0.15, 0.2) is 48.5 Å². The zero-order valence-corrected chi connectivity index (χ0v) is 50.2. The largest absolute Gasteiger partial charge is 0.444 e. The second kappa shape index (κ2) is 36.8. The molecule has 32 heteroatoms. The molecule has 0 aromatic heterocycles. The Hall–Kier alpha value is -7.88. The highest BCUT2D eigenvalue weighted by atomic mass is 16.6. The number of hydrogen-bond acceptors (Lipinski definition) is 24. The van der Waals surface area contributed by atoms with Crippen molar-refractivity contribution in [2.24, 2.45) is 40.1 Å². The van der Waals surface area contributed by atoms with Gasteiger partial charge in [-0.05, 0) is 72.7 Å². The van der Waals surface area contributed by atoms with Gasteiger partial charge >= 0.3 is 42.7 Å². The molecule has 0 saturated carbocycles. The Morgan fingerprint density at radius 3 is 1.24 bits per heavy atom. The van der Waals surface area contributed by atoms with E-state index in [4.69, 9.17) is 73.3 Å². The smallest absolute Gasteiger partial charge is 0.414 e. The normalized spacial score (nSPS) is 22.6. The first-order valence-electron chi connectivity index (χ1n) is 28.3. The van der Waals surface area contributed by atoms with Gasteiger partial charge in [-0.25, -0.2) is 33.6 Å². The molecule has 7 heterocycles. The number of cyclic esters (lactones) is 7. The Morgan fingerprint density at radius 1 is 0.512 bits per heavy atom. The third-order valence-corrected chi connectivity index (χ3v) is 13.5. The van der Waals surface area contributed by atoms with Crippen LogP contribution < -0.4 is 45.0 Å². The lowest BCUT2D eigenvalue weighted by molar-refractivity contribution is -0.384. The van der Waals surface area contributed by atoms with Gasteiger partial charge in [0.15, 0.2) is 5.78 Å². The zero-order valence-electron chi connectivity index (χ0n) is 50.2. The van der Waals surface area contributed by atoms with Gasteiger partial charge in [0.25, 0.3) is 5.69 Å². The lowest BCUT2D eigenvalue weighted by Gasteiger charge is -2.16. The number of Topliss-reactive ketones (excluding diaryl/α,β-unsaturated/α-hetero) is 1. The van der Waals surface area contributed by atoms with Crippen LogP contribution in [-0.2, 0) is 33.2 Å². The lowest BCUT2D eigenvalue weighted by Crippen LogP contribution is -2.33. The number of ketones is 1. The number of anilines is 1. The van der Waals surface area contributed by atoms with E-state index in [1.54, 1.807) is 45.8 Å². The first-order valence-corrected chi connectivity index (χ1v) is 28.3. The summed E-state index contributed by atoms with van der Waals surface area (Å²) in [6.07, 6.45) is -1.49. The van der Waals surface area contributed by atoms with Gasteiger partial charge in [0.2, 0.25) is 0 Å². The van der Waals surface area contributed by atoms with Crippen molar-refractivity contribution >= 4 is 59.8 Å². The molecule has 7 saturated heterocycles. The summed E-state index contributed by atoms with van der Waals surface area (Å²) in [4.78, 5) is 110. The summed E-state index contributed by atoms with van der Waals surface area (Å²) >= 11 is 0. The number of non-ortho nitro benzene ring substituents is 1. The summed E-state index contributed by atoms with van der Waals surface area (Å²) in [7, 11) is 3.41. The second-order valence-electron chi connectivity index (χ2n) is 20.5. The average Bonchev–Trinajstić information content (AvgIpc) is 4.60. The van der Waals surface area contributed by atoms with Gasteiger partial charge in [-0.1, -0.05) is 29.8 Å². The fourth-order valence-corrected chi connectivity index (χ4v) is 8.41. The van der Waals surface area contributed by atoms with Crippen LogP contribution in [0.3, 0.4) is 0 Å². The summed E-state index contributed by atoms with van der Waals surface area (Å²) in [6, 6.07) is 13.2. The van der Waals surface area contributed by atoms with Gasteiger partial charge in [0, 0.05) is 89.3 Å². The highest BCUT2D eigenvalue weighted by Gasteiger charge is 2.35. The van der Waals surface area contributed by atoms with Gasteiger partial charge < -0.3 is 97.8 Å². The molecule has 2 aromatic rings. The Balaban J connectivity index is 0.000000267. The molecule has 482 valence electrons. The van der Waals surface area contributed by atoms with Gasteiger partial charge in [-0.2, -0.15) is 0 Å². The van der Waals surface area contributed by atoms with Gasteiger partial charge in [-0.15, -0.1) is 0 Å². The molecule has 0 radical (unpaired) electrons. The van der Waals surface area contributed by atoms with Crippen molar-refractivity contribution < 1.29 is 76.4 Å². The number of nitro benzene ring substituents is 1. The van der Waals surface area contributed by atoms with Gasteiger partial charge in [-0.3, -0.25) is 24.7 Å². The maximum Gasteiger partial charge on any atom is 0.414 e. The number of benzene rings is 2. The van der Waals surface area contributed by atoms with E-state index in [0.717, 1.165) is 24.9 Å². The standard InChI is InChI=1S/C13H16N2O3.C10H11N3O4.2C7H14N2O2.2C6H12N2O2.C5H10N2O2/c1-9-2-4-10(5-3-9)12(16)8-15-7-11(6-14)18-13(15)17;11-5-9-6-12(10(14)17-9)7-1-3-8(4-2-7)13(15)16;1-5(2)9-4-6(3-8)11-7(9)10;1-2-9-5-6(3-4-8)11-7(9)10;1-8-4-5(2-3-7)10-6(8)9;1-2-8-4-5(3-7)10-6(8)9;1-7-3-4(2-6)9-5(7)8/h2-5,11H,6-8,14H2,1H3;1-4,9H,5-6,11H2;5-6H,3-4,8H2,1-2H3;6H,2-5,8H2,1H3;2*5H,2-4,7H2,1H3;4H,2-3,6H2,1H3. The number of nitrogens with two attached hydrogens (primary N) is 7. The fraction of sp³-hybridized carbons (Fsp3) is 0.630. The van der Waals surface area contributed by atoms with Crippen LogP contribution in [0.1, 0.15) is 56.5 Å². The molecule has 14 N–H and O–H groups in total. The Labute approximate surface area is 500 Å². The average molecular weight is 1220 g/mol. The van der Waals surface area contributed by atoms with E-state index in [1.165, 1.54) is 39.0 Å². The SMILES string of the molecule is CC(C)N1CC(CN)OC1=O.CCN1CC(CCN)OC1=O.CCN1CC(CN)OC1=O.CN1CC(CCN)OC1=O.CN1CC(CN)OC1=O.Cc1ccc(C(=O)CN2CC(CN)OC2=O)cc1.NCC1CN(c2ccc([N+](=O)[O-])cc2)C(=O)O1. The lowest BCUT2D eigenvalue weighted by atomic mass is 10.1. The number of rotatable bonds is 17. The van der Waals surface area contributed by atoms with E-state index in [0.29, 0.717) is 96.3 Å². The van der Waals surface area contributed by atoms with Crippen LogP contribution in [0.25, 0.3) is 0 Å². The molecule has 7 unspecified atom stereocenters. The number of ether oxygens (including phenoxy) is 7. The number of nitro groups is 1. The molecule has 2 aromatic carbocycles. The third kappa shape index (κ3) is 23.2. The van der Waals surface area contributed by atoms with E-state index < -0.39 is 17.1 Å². The molecule has 7 amide bonds. The van der Waals surface area contributed by atoms with Crippen LogP contribution in [0.2, 0.25) is 0 Å². The summed E-state index contributed by atoms with van der Waals surface area (Å²) < 4.78 is 34.5. The van der Waals surface area contributed by atoms with Gasteiger partial charge in [0.1, 0.15) is 42.7 Å². The summed E-state index contributed by atoms with van der Waals surface area (Å²) in [5.41, 5.74) is 39.6. The van der Waals surface area contributed by atoms with Crippen molar-refractivity contribution in [3.63, 3.8) is 0 Å². The molecule has 0 spiro atoms. The van der Waals surface area contributed by atoms with Crippen molar-refractivity contribution in [2.45, 2.75) is 96.2 Å². The molecular formula is C54H89N15O17. The van der Waals surface area contributed by atoms with E-state index >= 15 is 0 Å². The minimum Gasteiger partial charge on any atom is -0.444 e. The van der Waals surface area contributed by atoms with Crippen LogP contribution in [0.5, 0.6) is 0 Å². The molecule has 0 aliphatic carbocycles. The van der Waals surface area contributed by atoms with E-state index in [9.17, 15) is 48.5 Å². The molecule has 32 nitrogen and oxygen atoms in total. The van der Waals surface area contributed by atoms with Crippen molar-refractivity contribution in [1.29, 1.82) is 0 Å². The number of likely N-dealkylation sites (N-methyl/N-ethyl adjacent to an activating group) is 4. The fourth-order valence-electron chi connectivity index (χ4n) is 8.41. The topological polar surface area (TPSA) is 449 Å². The number of carbonyl (C=O) groups is 8. The van der Waals surface area contributed by atoms with Crippen molar-refractivity contribution in [3.05, 3.63) is 69.8 Å². The highest BCUT2D eigenvalue weighted by Crippen LogP contribution is 2.24. The minimum absolute atomic E-state index is 0.0162. The van der Waals surface area contributed by atoms with E-state index in [-0.39, 0.29) is 110 Å². The maximum absolute atomic E-state index is 12.0. The Morgan fingerprint density at radius 2 is 0.884 bits per heavy atom. The van der Waals surface area contributed by atoms with Crippen LogP contribution in [-0.4, -0.2) is 257 Å². The predicted octanol–water partition coefficient (Wildman–Crippen LogP) is 1.15. The quantitative estimate of drug-likeness (QED) is 0.0505. The second-order valence-corrected chi connectivity index (χ2v) is 20.5. The number of amides is 7. The van der Waals surface area contributed by atoms with E-state index in [1.807, 2.05) is 46.8 Å². The molecular weight excluding hydrogens is 1130 g/mol. The monoisotopic (exact) mass is 1220 g/mol. The molecule has 7 aliphatic rings. The van der Waals surface area contributed by atoms with Crippen molar-refractivity contribution in [3.8, 4) is 0 Å². The number of aryl methyl sites for hydroxylation is 1. The van der Waals surface area contributed by atoms with Crippen molar-refractivity contribution in [2.75, 3.05) is 130 Å². The predicted molar refractivity (Wildman–Crippen MR) is 314 cm³/mol. The zero-order chi connectivity index (χ0) is 64.2. The van der Waals surface area contributed by atoms with Crippen LogP contribution in [0, 0.1) is 17.0 Å². The summed E-state index contributed by atoms with van der Waals surface area (Å²) in [6.45, 7) is 18.2. The molecule has 7 atom stereocenters. The maximum atomic E-state index is 12.0. The minimum atomic E-state index is -0.491. The first-order chi connectivity index (χ1) is 40.9.